The van der Waals surface area contributed by atoms with Crippen molar-refractivity contribution in [2.75, 3.05) is 0 Å². The van der Waals surface area contributed by atoms with Gasteiger partial charge in [-0.3, -0.25) is 4.79 Å². The second-order valence-electron chi connectivity index (χ2n) is 4.87. The van der Waals surface area contributed by atoms with E-state index in [0.717, 1.165) is 12.0 Å². The van der Waals surface area contributed by atoms with Crippen molar-refractivity contribution in [1.29, 1.82) is 0 Å². The van der Waals surface area contributed by atoms with Gasteiger partial charge in [-0.05, 0) is 37.8 Å². The zero-order chi connectivity index (χ0) is 13.5. The molecule has 3 heteroatoms. The van der Waals surface area contributed by atoms with Gasteiger partial charge in [0.15, 0.2) is 0 Å². The molecular weight excluding hydrogens is 226 g/mol. The lowest BCUT2D eigenvalue weighted by Gasteiger charge is -2.12. The molecule has 0 aliphatic heterocycles. The molecule has 0 heterocycles. The number of hydrogen-bond acceptors (Lipinski definition) is 2. The molecule has 0 aliphatic carbocycles. The van der Waals surface area contributed by atoms with Crippen LogP contribution in [0.5, 0.6) is 0 Å². The fourth-order valence-corrected chi connectivity index (χ4v) is 1.80. The van der Waals surface area contributed by atoms with Crippen LogP contribution in [0, 0.1) is 0 Å². The van der Waals surface area contributed by atoms with Crippen LogP contribution >= 0.6 is 0 Å². The van der Waals surface area contributed by atoms with Crippen molar-refractivity contribution in [3.05, 3.63) is 35.4 Å². The maximum atomic E-state index is 11.5. The van der Waals surface area contributed by atoms with Crippen LogP contribution < -0.4 is 5.32 Å². The van der Waals surface area contributed by atoms with Crippen molar-refractivity contribution in [1.82, 2.24) is 5.32 Å². The number of benzene rings is 1. The van der Waals surface area contributed by atoms with E-state index in [2.05, 4.69) is 12.2 Å². The average Bonchev–Trinajstić information content (AvgIpc) is 2.35. The molecule has 3 nitrogen and oxygen atoms in total. The van der Waals surface area contributed by atoms with Gasteiger partial charge in [-0.15, -0.1) is 0 Å². The molecule has 1 amide bonds. The van der Waals surface area contributed by atoms with Gasteiger partial charge in [0.2, 0.25) is 5.91 Å². The molecule has 0 saturated heterocycles. The standard InChI is InChI=1S/C15H23NO2/c1-4-12-5-7-13(8-6-12)14(17)9-10-15(18)16-11(2)3/h5-8,11,14,17H,4,9-10H2,1-3H3,(H,16,18). The van der Waals surface area contributed by atoms with E-state index in [1.807, 2.05) is 38.1 Å². The molecule has 0 bridgehead atoms. The Hall–Kier alpha value is -1.35. The Morgan fingerprint density at radius 1 is 1.28 bits per heavy atom. The lowest BCUT2D eigenvalue weighted by atomic mass is 10.0. The van der Waals surface area contributed by atoms with Gasteiger partial charge in [0, 0.05) is 12.5 Å². The zero-order valence-electron chi connectivity index (χ0n) is 11.4. The number of carbonyl (C=O) groups excluding carboxylic acids is 1. The summed E-state index contributed by atoms with van der Waals surface area (Å²) in [5, 5.41) is 12.8. The molecule has 0 saturated carbocycles. The van der Waals surface area contributed by atoms with E-state index in [9.17, 15) is 9.90 Å². The van der Waals surface area contributed by atoms with Gasteiger partial charge in [0.05, 0.1) is 6.10 Å². The Balaban J connectivity index is 2.44. The highest BCUT2D eigenvalue weighted by Crippen LogP contribution is 2.18. The topological polar surface area (TPSA) is 49.3 Å². The molecule has 2 N–H and O–H groups in total. The number of rotatable bonds is 6. The van der Waals surface area contributed by atoms with E-state index >= 15 is 0 Å². The fourth-order valence-electron chi connectivity index (χ4n) is 1.80. The van der Waals surface area contributed by atoms with Crippen molar-refractivity contribution < 1.29 is 9.90 Å². The Labute approximate surface area is 109 Å². The summed E-state index contributed by atoms with van der Waals surface area (Å²) >= 11 is 0. The first kappa shape index (κ1) is 14.7. The summed E-state index contributed by atoms with van der Waals surface area (Å²) in [5.41, 5.74) is 2.13. The molecule has 0 aromatic heterocycles. The van der Waals surface area contributed by atoms with E-state index < -0.39 is 6.10 Å². The minimum absolute atomic E-state index is 0.00534. The first-order valence-corrected chi connectivity index (χ1v) is 6.59. The normalized spacial score (nSPS) is 12.5. The number of hydrogen-bond donors (Lipinski definition) is 2. The molecule has 1 unspecified atom stereocenters. The summed E-state index contributed by atoms with van der Waals surface area (Å²) in [6.45, 7) is 5.96. The van der Waals surface area contributed by atoms with E-state index in [1.54, 1.807) is 0 Å². The SMILES string of the molecule is CCc1ccc(C(O)CCC(=O)NC(C)C)cc1. The summed E-state index contributed by atoms with van der Waals surface area (Å²) in [7, 11) is 0. The van der Waals surface area contributed by atoms with Gasteiger partial charge < -0.3 is 10.4 Å². The van der Waals surface area contributed by atoms with Gasteiger partial charge in [-0.1, -0.05) is 31.2 Å². The second-order valence-corrected chi connectivity index (χ2v) is 4.87. The highest BCUT2D eigenvalue weighted by molar-refractivity contribution is 5.76. The quantitative estimate of drug-likeness (QED) is 0.814. The minimum atomic E-state index is -0.561. The predicted octanol–water partition coefficient (Wildman–Crippen LogP) is 2.59. The van der Waals surface area contributed by atoms with Crippen LogP contribution in [0.25, 0.3) is 0 Å². The highest BCUT2D eigenvalue weighted by Gasteiger charge is 2.10. The molecule has 1 atom stereocenters. The van der Waals surface area contributed by atoms with Gasteiger partial charge in [0.25, 0.3) is 0 Å². The van der Waals surface area contributed by atoms with E-state index in [-0.39, 0.29) is 11.9 Å². The molecule has 1 aromatic rings. The molecule has 0 fully saturated rings. The van der Waals surface area contributed by atoms with Crippen LogP contribution in [-0.4, -0.2) is 17.1 Å². The number of aliphatic hydroxyl groups excluding tert-OH is 1. The van der Waals surface area contributed by atoms with Crippen LogP contribution in [0.4, 0.5) is 0 Å². The Morgan fingerprint density at radius 3 is 2.39 bits per heavy atom. The van der Waals surface area contributed by atoms with E-state index in [4.69, 9.17) is 0 Å². The lowest BCUT2D eigenvalue weighted by Crippen LogP contribution is -2.30. The molecular formula is C15H23NO2. The van der Waals surface area contributed by atoms with Crippen molar-refractivity contribution in [3.63, 3.8) is 0 Å². The zero-order valence-corrected chi connectivity index (χ0v) is 11.4. The monoisotopic (exact) mass is 249 g/mol. The van der Waals surface area contributed by atoms with Crippen LogP contribution in [0.1, 0.15) is 50.8 Å². The summed E-state index contributed by atoms with van der Waals surface area (Å²) in [5.74, 6) is -0.00534. The number of nitrogens with one attached hydrogen (secondary N) is 1. The lowest BCUT2D eigenvalue weighted by molar-refractivity contribution is -0.122. The predicted molar refractivity (Wildman–Crippen MR) is 73.3 cm³/mol. The number of amides is 1. The first-order chi connectivity index (χ1) is 8.52. The first-order valence-electron chi connectivity index (χ1n) is 6.59. The molecule has 0 aliphatic rings. The van der Waals surface area contributed by atoms with Gasteiger partial charge in [0.1, 0.15) is 0 Å². The van der Waals surface area contributed by atoms with Crippen molar-refractivity contribution in [2.45, 2.75) is 52.2 Å². The van der Waals surface area contributed by atoms with Crippen LogP contribution in [0.2, 0.25) is 0 Å². The summed E-state index contributed by atoms with van der Waals surface area (Å²) in [6.07, 6.45) is 1.25. The third-order valence-electron chi connectivity index (χ3n) is 2.87. The van der Waals surface area contributed by atoms with Crippen LogP contribution in [-0.2, 0) is 11.2 Å². The smallest absolute Gasteiger partial charge is 0.220 e. The van der Waals surface area contributed by atoms with Gasteiger partial charge in [-0.25, -0.2) is 0 Å². The highest BCUT2D eigenvalue weighted by atomic mass is 16.3. The maximum Gasteiger partial charge on any atom is 0.220 e. The molecule has 0 spiro atoms. The van der Waals surface area contributed by atoms with Gasteiger partial charge >= 0.3 is 0 Å². The Kier molecular flexibility index (Phi) is 5.86. The van der Waals surface area contributed by atoms with E-state index in [0.29, 0.717) is 12.8 Å². The van der Waals surface area contributed by atoms with E-state index in [1.165, 1.54) is 5.56 Å². The molecule has 100 valence electrons. The average molecular weight is 249 g/mol. The van der Waals surface area contributed by atoms with Gasteiger partial charge in [-0.2, -0.15) is 0 Å². The summed E-state index contributed by atoms with van der Waals surface area (Å²) in [6, 6.07) is 8.06. The van der Waals surface area contributed by atoms with Crippen molar-refractivity contribution in [2.24, 2.45) is 0 Å². The number of aliphatic hydroxyl groups is 1. The molecule has 18 heavy (non-hydrogen) atoms. The Bertz CT molecular complexity index is 371. The maximum absolute atomic E-state index is 11.5. The third kappa shape index (κ3) is 4.88. The number of aryl methyl sites for hydroxylation is 1. The largest absolute Gasteiger partial charge is 0.388 e. The van der Waals surface area contributed by atoms with Crippen LogP contribution in [0.15, 0.2) is 24.3 Å². The molecule has 1 rings (SSSR count). The molecule has 1 aromatic carbocycles. The molecule has 0 radical (unpaired) electrons. The van der Waals surface area contributed by atoms with Crippen molar-refractivity contribution in [3.8, 4) is 0 Å². The third-order valence-corrected chi connectivity index (χ3v) is 2.87. The minimum Gasteiger partial charge on any atom is -0.388 e. The van der Waals surface area contributed by atoms with Crippen molar-refractivity contribution >= 4 is 5.91 Å². The summed E-state index contributed by atoms with van der Waals surface area (Å²) < 4.78 is 0. The number of carbonyl (C=O) groups is 1. The second kappa shape index (κ2) is 7.17. The summed E-state index contributed by atoms with van der Waals surface area (Å²) in [4.78, 5) is 11.5. The van der Waals surface area contributed by atoms with Crippen LogP contribution in [0.3, 0.4) is 0 Å². The fraction of sp³-hybridized carbons (Fsp3) is 0.533. The Morgan fingerprint density at radius 2 is 1.89 bits per heavy atom.